The summed E-state index contributed by atoms with van der Waals surface area (Å²) >= 11 is 0. The van der Waals surface area contributed by atoms with Crippen LogP contribution in [0.25, 0.3) is 55.6 Å². The highest BCUT2D eigenvalue weighted by atomic mass is 16.3. The third kappa shape index (κ3) is 4.71. The normalized spacial score (nSPS) is 11.2. The Morgan fingerprint density at radius 3 is 1.84 bits per heavy atom. The molecule has 44 heavy (non-hydrogen) atoms. The van der Waals surface area contributed by atoms with Gasteiger partial charge in [0.2, 0.25) is 5.89 Å². The number of hydrogen-bond donors (Lipinski definition) is 0. The summed E-state index contributed by atoms with van der Waals surface area (Å²) in [4.78, 5) is 7.26. The summed E-state index contributed by atoms with van der Waals surface area (Å²) in [6.07, 6.45) is 0. The Labute approximate surface area is 256 Å². The van der Waals surface area contributed by atoms with Gasteiger partial charge in [-0.25, -0.2) is 4.98 Å². The van der Waals surface area contributed by atoms with Gasteiger partial charge in [-0.1, -0.05) is 121 Å². The van der Waals surface area contributed by atoms with Gasteiger partial charge in [-0.3, -0.25) is 0 Å². The number of fused-ring (bicyclic) bond motifs is 2. The van der Waals surface area contributed by atoms with Crippen LogP contribution in [0.4, 0.5) is 17.1 Å². The number of oxazole rings is 1. The van der Waals surface area contributed by atoms with E-state index in [0.717, 1.165) is 44.9 Å². The van der Waals surface area contributed by atoms with Crippen LogP contribution in [-0.4, -0.2) is 4.98 Å². The molecule has 0 aliphatic heterocycles. The first-order chi connectivity index (χ1) is 21.8. The number of benzene rings is 7. The number of nitrogens with zero attached hydrogens (tertiary/aromatic N) is 2. The lowest BCUT2D eigenvalue weighted by Gasteiger charge is -2.28. The average molecular weight is 565 g/mol. The van der Waals surface area contributed by atoms with Gasteiger partial charge in [-0.05, 0) is 70.4 Å². The first-order valence-electron chi connectivity index (χ1n) is 14.8. The molecular weight excluding hydrogens is 536 g/mol. The van der Waals surface area contributed by atoms with Crippen LogP contribution in [0.1, 0.15) is 0 Å². The molecule has 0 bridgehead atoms. The second-order valence-corrected chi connectivity index (χ2v) is 10.8. The molecular formula is C41H28N2O. The van der Waals surface area contributed by atoms with Gasteiger partial charge in [0.15, 0.2) is 5.58 Å². The third-order valence-corrected chi connectivity index (χ3v) is 8.10. The maximum atomic E-state index is 6.16. The van der Waals surface area contributed by atoms with Crippen molar-refractivity contribution in [3.05, 3.63) is 170 Å². The van der Waals surface area contributed by atoms with E-state index in [1.54, 1.807) is 0 Å². The molecule has 1 heterocycles. The second-order valence-electron chi connectivity index (χ2n) is 10.8. The first-order valence-corrected chi connectivity index (χ1v) is 14.8. The minimum Gasteiger partial charge on any atom is -0.436 e. The molecule has 0 N–H and O–H groups in total. The zero-order chi connectivity index (χ0) is 29.3. The van der Waals surface area contributed by atoms with Crippen LogP contribution >= 0.6 is 0 Å². The molecule has 208 valence electrons. The molecule has 0 atom stereocenters. The highest BCUT2D eigenvalue weighted by Crippen LogP contribution is 2.42. The maximum absolute atomic E-state index is 6.16. The Balaban J connectivity index is 1.25. The SMILES string of the molecule is c1ccc(-c2nc3c(-c4ccc(N(c5ccc6ccccc6c5)c5ccccc5-c5ccccc5)cc4)cccc3o2)cc1. The van der Waals surface area contributed by atoms with E-state index in [4.69, 9.17) is 9.40 Å². The molecule has 0 aliphatic carbocycles. The number of anilines is 3. The molecule has 0 spiro atoms. The average Bonchev–Trinajstić information content (AvgIpc) is 3.55. The fourth-order valence-corrected chi connectivity index (χ4v) is 5.95. The van der Waals surface area contributed by atoms with E-state index < -0.39 is 0 Å². The van der Waals surface area contributed by atoms with Gasteiger partial charge >= 0.3 is 0 Å². The van der Waals surface area contributed by atoms with Crippen molar-refractivity contribution >= 4 is 38.9 Å². The minimum absolute atomic E-state index is 0.629. The van der Waals surface area contributed by atoms with Gasteiger partial charge in [0, 0.05) is 28.1 Å². The molecule has 7 aromatic carbocycles. The lowest BCUT2D eigenvalue weighted by atomic mass is 10.0. The molecule has 0 saturated carbocycles. The first kappa shape index (κ1) is 25.8. The third-order valence-electron chi connectivity index (χ3n) is 8.10. The molecule has 0 fully saturated rings. The van der Waals surface area contributed by atoms with Gasteiger partial charge in [0.1, 0.15) is 5.52 Å². The highest BCUT2D eigenvalue weighted by molar-refractivity contribution is 5.95. The highest BCUT2D eigenvalue weighted by Gasteiger charge is 2.18. The van der Waals surface area contributed by atoms with Crippen molar-refractivity contribution in [1.29, 1.82) is 0 Å². The van der Waals surface area contributed by atoms with E-state index in [2.05, 4.69) is 132 Å². The van der Waals surface area contributed by atoms with Gasteiger partial charge in [0.05, 0.1) is 5.69 Å². The van der Waals surface area contributed by atoms with Crippen molar-refractivity contribution in [1.82, 2.24) is 4.98 Å². The molecule has 0 radical (unpaired) electrons. The Bertz CT molecular complexity index is 2220. The summed E-state index contributed by atoms with van der Waals surface area (Å²) < 4.78 is 6.16. The lowest BCUT2D eigenvalue weighted by Crippen LogP contribution is -2.11. The molecule has 0 aliphatic rings. The fourth-order valence-electron chi connectivity index (χ4n) is 5.95. The van der Waals surface area contributed by atoms with Crippen LogP contribution in [-0.2, 0) is 0 Å². The number of para-hydroxylation sites is 2. The van der Waals surface area contributed by atoms with Gasteiger partial charge in [0.25, 0.3) is 0 Å². The number of aromatic nitrogens is 1. The van der Waals surface area contributed by atoms with E-state index in [9.17, 15) is 0 Å². The van der Waals surface area contributed by atoms with E-state index in [0.29, 0.717) is 5.89 Å². The van der Waals surface area contributed by atoms with Gasteiger partial charge in [-0.15, -0.1) is 0 Å². The summed E-state index contributed by atoms with van der Waals surface area (Å²) in [6, 6.07) is 59.3. The number of rotatable bonds is 6. The summed E-state index contributed by atoms with van der Waals surface area (Å²) in [5.74, 6) is 0.629. The smallest absolute Gasteiger partial charge is 0.227 e. The number of hydrogen-bond acceptors (Lipinski definition) is 3. The molecule has 0 amide bonds. The monoisotopic (exact) mass is 564 g/mol. The van der Waals surface area contributed by atoms with Crippen molar-refractivity contribution in [3.8, 4) is 33.7 Å². The van der Waals surface area contributed by atoms with E-state index >= 15 is 0 Å². The Morgan fingerprint density at radius 2 is 1.05 bits per heavy atom. The van der Waals surface area contributed by atoms with E-state index in [-0.39, 0.29) is 0 Å². The molecule has 1 aromatic heterocycles. The van der Waals surface area contributed by atoms with Crippen LogP contribution in [0.5, 0.6) is 0 Å². The van der Waals surface area contributed by atoms with Gasteiger partial charge in [-0.2, -0.15) is 0 Å². The predicted molar refractivity (Wildman–Crippen MR) is 183 cm³/mol. The van der Waals surface area contributed by atoms with Crippen LogP contribution in [0.2, 0.25) is 0 Å². The molecule has 3 heteroatoms. The van der Waals surface area contributed by atoms with Crippen LogP contribution < -0.4 is 4.90 Å². The van der Waals surface area contributed by atoms with Crippen molar-refractivity contribution in [2.45, 2.75) is 0 Å². The van der Waals surface area contributed by atoms with Crippen molar-refractivity contribution in [2.75, 3.05) is 4.90 Å². The van der Waals surface area contributed by atoms with Crippen molar-refractivity contribution < 1.29 is 4.42 Å². The molecule has 0 saturated heterocycles. The van der Waals surface area contributed by atoms with Crippen LogP contribution in [0, 0.1) is 0 Å². The zero-order valence-electron chi connectivity index (χ0n) is 24.0. The fraction of sp³-hybridized carbons (Fsp3) is 0. The Morgan fingerprint density at radius 1 is 0.432 bits per heavy atom. The Kier molecular flexibility index (Phi) is 6.47. The van der Waals surface area contributed by atoms with Crippen molar-refractivity contribution in [2.24, 2.45) is 0 Å². The largest absolute Gasteiger partial charge is 0.436 e. The molecule has 0 unspecified atom stereocenters. The van der Waals surface area contributed by atoms with Crippen LogP contribution in [0.15, 0.2) is 174 Å². The van der Waals surface area contributed by atoms with E-state index in [1.807, 2.05) is 42.5 Å². The zero-order valence-corrected chi connectivity index (χ0v) is 24.0. The second kappa shape index (κ2) is 11.0. The molecule has 3 nitrogen and oxygen atoms in total. The Hall–Kier alpha value is -5.93. The lowest BCUT2D eigenvalue weighted by molar-refractivity contribution is 0.620. The summed E-state index contributed by atoms with van der Waals surface area (Å²) in [5.41, 5.74) is 10.4. The predicted octanol–water partition coefficient (Wildman–Crippen LogP) is 11.5. The van der Waals surface area contributed by atoms with Crippen LogP contribution in [0.3, 0.4) is 0 Å². The topological polar surface area (TPSA) is 29.3 Å². The quantitative estimate of drug-likeness (QED) is 0.201. The summed E-state index contributed by atoms with van der Waals surface area (Å²) in [7, 11) is 0. The van der Waals surface area contributed by atoms with E-state index in [1.165, 1.54) is 21.9 Å². The summed E-state index contributed by atoms with van der Waals surface area (Å²) in [5, 5.41) is 2.43. The summed E-state index contributed by atoms with van der Waals surface area (Å²) in [6.45, 7) is 0. The standard InChI is InChI=1S/C41H28N2O/c1-3-13-30(14-4-1)36-18-9-10-20-38(36)43(35-27-22-29-12-7-8-17-33(29)28-35)34-25-23-31(24-26-34)37-19-11-21-39-40(37)42-41(44-39)32-15-5-2-6-16-32/h1-28H. The maximum Gasteiger partial charge on any atom is 0.227 e. The molecule has 8 rings (SSSR count). The van der Waals surface area contributed by atoms with Crippen molar-refractivity contribution in [3.63, 3.8) is 0 Å². The minimum atomic E-state index is 0.629. The van der Waals surface area contributed by atoms with Gasteiger partial charge < -0.3 is 9.32 Å². The molecule has 8 aromatic rings.